The number of aliphatic hydroxyl groups is 1. The SMILES string of the molecule is Cl.OCCNc1cc(N2CCc3ccccc3C2)nc2ccccc12. The predicted molar refractivity (Wildman–Crippen MR) is 106 cm³/mol. The van der Waals surface area contributed by atoms with Crippen molar-refractivity contribution in [1.29, 1.82) is 0 Å². The number of fused-ring (bicyclic) bond motifs is 2. The fourth-order valence-corrected chi connectivity index (χ4v) is 3.35. The van der Waals surface area contributed by atoms with E-state index in [2.05, 4.69) is 46.6 Å². The highest BCUT2D eigenvalue weighted by molar-refractivity contribution is 5.93. The van der Waals surface area contributed by atoms with Gasteiger partial charge in [-0.3, -0.25) is 0 Å². The number of pyridine rings is 1. The topological polar surface area (TPSA) is 48.4 Å². The fraction of sp³-hybridized carbons (Fsp3) is 0.250. The van der Waals surface area contributed by atoms with Gasteiger partial charge in [-0.2, -0.15) is 0 Å². The maximum atomic E-state index is 9.14. The number of hydrogen-bond donors (Lipinski definition) is 2. The molecule has 0 aliphatic carbocycles. The van der Waals surface area contributed by atoms with Crippen molar-refractivity contribution in [3.8, 4) is 0 Å². The lowest BCUT2D eigenvalue weighted by Gasteiger charge is -2.30. The lowest BCUT2D eigenvalue weighted by atomic mass is 10.00. The Morgan fingerprint density at radius 1 is 1.04 bits per heavy atom. The monoisotopic (exact) mass is 355 g/mol. The minimum Gasteiger partial charge on any atom is -0.395 e. The second kappa shape index (κ2) is 7.72. The van der Waals surface area contributed by atoms with E-state index in [0.29, 0.717) is 6.54 Å². The molecule has 4 nitrogen and oxygen atoms in total. The summed E-state index contributed by atoms with van der Waals surface area (Å²) in [5.74, 6) is 0.989. The quantitative estimate of drug-likeness (QED) is 0.750. The molecular weight excluding hydrogens is 334 g/mol. The molecule has 1 aliphatic rings. The summed E-state index contributed by atoms with van der Waals surface area (Å²) in [6, 6.07) is 18.9. The lowest BCUT2D eigenvalue weighted by molar-refractivity contribution is 0.311. The van der Waals surface area contributed by atoms with Crippen LogP contribution in [0.15, 0.2) is 54.6 Å². The molecule has 0 atom stereocenters. The van der Waals surface area contributed by atoms with Crippen molar-refractivity contribution >= 4 is 34.8 Å². The number of para-hydroxylation sites is 1. The molecule has 0 radical (unpaired) electrons. The van der Waals surface area contributed by atoms with E-state index in [1.165, 1.54) is 11.1 Å². The van der Waals surface area contributed by atoms with E-state index in [-0.39, 0.29) is 19.0 Å². The van der Waals surface area contributed by atoms with Crippen molar-refractivity contribution in [1.82, 2.24) is 4.98 Å². The first-order valence-electron chi connectivity index (χ1n) is 8.41. The van der Waals surface area contributed by atoms with Crippen LogP contribution in [-0.2, 0) is 13.0 Å². The van der Waals surface area contributed by atoms with Crippen LogP contribution in [0.2, 0.25) is 0 Å². The summed E-state index contributed by atoms with van der Waals surface area (Å²) in [5, 5.41) is 13.5. The third-order valence-electron chi connectivity index (χ3n) is 4.58. The maximum absolute atomic E-state index is 9.14. The van der Waals surface area contributed by atoms with Gasteiger partial charge in [0.2, 0.25) is 0 Å². The van der Waals surface area contributed by atoms with Gasteiger partial charge in [-0.1, -0.05) is 42.5 Å². The van der Waals surface area contributed by atoms with Gasteiger partial charge in [0.1, 0.15) is 5.82 Å². The van der Waals surface area contributed by atoms with Crippen LogP contribution >= 0.6 is 12.4 Å². The molecule has 1 aromatic heterocycles. The molecule has 3 aromatic rings. The molecule has 0 amide bonds. The third-order valence-corrected chi connectivity index (χ3v) is 4.58. The summed E-state index contributed by atoms with van der Waals surface area (Å²) in [4.78, 5) is 7.20. The zero-order chi connectivity index (χ0) is 16.4. The average molecular weight is 356 g/mol. The highest BCUT2D eigenvalue weighted by Gasteiger charge is 2.18. The molecule has 2 N–H and O–H groups in total. The number of halogens is 1. The average Bonchev–Trinajstić information content (AvgIpc) is 2.65. The number of nitrogens with zero attached hydrogens (tertiary/aromatic N) is 2. The Balaban J connectivity index is 0.00000182. The molecule has 0 unspecified atom stereocenters. The molecule has 130 valence electrons. The van der Waals surface area contributed by atoms with E-state index in [1.54, 1.807) is 0 Å². The normalized spacial score (nSPS) is 13.2. The molecule has 4 rings (SSSR count). The summed E-state index contributed by atoms with van der Waals surface area (Å²) in [6.45, 7) is 2.52. The van der Waals surface area contributed by atoms with E-state index < -0.39 is 0 Å². The summed E-state index contributed by atoms with van der Waals surface area (Å²) in [6.07, 6.45) is 1.05. The minimum atomic E-state index is 0. The van der Waals surface area contributed by atoms with E-state index in [0.717, 1.165) is 41.9 Å². The first kappa shape index (κ1) is 17.5. The summed E-state index contributed by atoms with van der Waals surface area (Å²) in [5.41, 5.74) is 4.83. The van der Waals surface area contributed by atoms with Gasteiger partial charge in [0, 0.05) is 36.8 Å². The Labute approximate surface area is 153 Å². The summed E-state index contributed by atoms with van der Waals surface area (Å²) < 4.78 is 0. The molecule has 0 saturated carbocycles. The number of aromatic nitrogens is 1. The number of anilines is 2. The van der Waals surface area contributed by atoms with E-state index in [9.17, 15) is 0 Å². The van der Waals surface area contributed by atoms with Gasteiger partial charge in [0.25, 0.3) is 0 Å². The van der Waals surface area contributed by atoms with Crippen LogP contribution in [0.4, 0.5) is 11.5 Å². The van der Waals surface area contributed by atoms with Crippen molar-refractivity contribution in [2.45, 2.75) is 13.0 Å². The van der Waals surface area contributed by atoms with Crippen LogP contribution in [0.25, 0.3) is 10.9 Å². The Bertz CT molecular complexity index is 868. The number of aliphatic hydroxyl groups excluding tert-OH is 1. The van der Waals surface area contributed by atoms with Crippen LogP contribution < -0.4 is 10.2 Å². The minimum absolute atomic E-state index is 0. The second-order valence-electron chi connectivity index (χ2n) is 6.14. The number of hydrogen-bond acceptors (Lipinski definition) is 4. The molecular formula is C20H22ClN3O. The van der Waals surface area contributed by atoms with Crippen LogP contribution in [0.3, 0.4) is 0 Å². The highest BCUT2D eigenvalue weighted by Crippen LogP contribution is 2.29. The third kappa shape index (κ3) is 3.55. The van der Waals surface area contributed by atoms with Crippen molar-refractivity contribution in [2.75, 3.05) is 29.9 Å². The van der Waals surface area contributed by atoms with Crippen LogP contribution in [0.1, 0.15) is 11.1 Å². The smallest absolute Gasteiger partial charge is 0.131 e. The zero-order valence-corrected chi connectivity index (χ0v) is 14.8. The van der Waals surface area contributed by atoms with Gasteiger partial charge < -0.3 is 15.3 Å². The largest absolute Gasteiger partial charge is 0.395 e. The first-order valence-corrected chi connectivity index (χ1v) is 8.41. The maximum Gasteiger partial charge on any atom is 0.131 e. The molecule has 0 spiro atoms. The van der Waals surface area contributed by atoms with Crippen LogP contribution in [0, 0.1) is 0 Å². The van der Waals surface area contributed by atoms with Crippen LogP contribution in [-0.4, -0.2) is 29.8 Å². The second-order valence-corrected chi connectivity index (χ2v) is 6.14. The molecule has 5 heteroatoms. The molecule has 0 bridgehead atoms. The van der Waals surface area contributed by atoms with Crippen molar-refractivity contribution < 1.29 is 5.11 Å². The predicted octanol–water partition coefficient (Wildman–Crippen LogP) is 3.62. The van der Waals surface area contributed by atoms with Gasteiger partial charge in [-0.05, 0) is 23.6 Å². The van der Waals surface area contributed by atoms with E-state index >= 15 is 0 Å². The molecule has 0 saturated heterocycles. The standard InChI is InChI=1S/C20H21N3O.ClH/c24-12-10-21-19-13-20(22-18-8-4-3-7-17(18)19)23-11-9-15-5-1-2-6-16(15)14-23;/h1-8,13,24H,9-12,14H2,(H,21,22);1H. The Hall–Kier alpha value is -2.30. The van der Waals surface area contributed by atoms with Crippen LogP contribution in [0.5, 0.6) is 0 Å². The van der Waals surface area contributed by atoms with E-state index in [1.807, 2.05) is 18.2 Å². The highest BCUT2D eigenvalue weighted by atomic mass is 35.5. The summed E-state index contributed by atoms with van der Waals surface area (Å²) >= 11 is 0. The first-order chi connectivity index (χ1) is 11.8. The van der Waals surface area contributed by atoms with Gasteiger partial charge in [-0.25, -0.2) is 4.98 Å². The molecule has 2 aromatic carbocycles. The Kier molecular flexibility index (Phi) is 5.41. The number of nitrogens with one attached hydrogen (secondary N) is 1. The van der Waals surface area contributed by atoms with E-state index in [4.69, 9.17) is 10.1 Å². The van der Waals surface area contributed by atoms with Gasteiger partial charge in [-0.15, -0.1) is 12.4 Å². The zero-order valence-electron chi connectivity index (χ0n) is 14.0. The lowest BCUT2D eigenvalue weighted by Crippen LogP contribution is -2.31. The fourth-order valence-electron chi connectivity index (χ4n) is 3.35. The molecule has 0 fully saturated rings. The van der Waals surface area contributed by atoms with Crippen molar-refractivity contribution in [3.63, 3.8) is 0 Å². The van der Waals surface area contributed by atoms with Gasteiger partial charge in [0.05, 0.1) is 12.1 Å². The number of benzene rings is 2. The molecule has 25 heavy (non-hydrogen) atoms. The van der Waals surface area contributed by atoms with Crippen molar-refractivity contribution in [3.05, 3.63) is 65.7 Å². The van der Waals surface area contributed by atoms with Gasteiger partial charge >= 0.3 is 0 Å². The summed E-state index contributed by atoms with van der Waals surface area (Å²) in [7, 11) is 0. The molecule has 2 heterocycles. The Morgan fingerprint density at radius 3 is 2.64 bits per heavy atom. The molecule has 1 aliphatic heterocycles. The number of rotatable bonds is 4. The van der Waals surface area contributed by atoms with Gasteiger partial charge in [0.15, 0.2) is 0 Å². The Morgan fingerprint density at radius 2 is 1.80 bits per heavy atom. The van der Waals surface area contributed by atoms with Crippen molar-refractivity contribution in [2.24, 2.45) is 0 Å².